The van der Waals surface area contributed by atoms with E-state index < -0.39 is 16.4 Å². The fourth-order valence-corrected chi connectivity index (χ4v) is 1.57. The summed E-state index contributed by atoms with van der Waals surface area (Å²) in [6.07, 6.45) is 1.60. The van der Waals surface area contributed by atoms with Crippen LogP contribution in [0.2, 0.25) is 0 Å². The maximum Gasteiger partial charge on any atom is 0.313 e. The third-order valence-electron chi connectivity index (χ3n) is 2.59. The minimum absolute atomic E-state index is 0.0223. The average Bonchev–Trinajstić information content (AvgIpc) is 2.46. The van der Waals surface area contributed by atoms with Gasteiger partial charge in [-0.05, 0) is 18.2 Å². The first-order valence-corrected chi connectivity index (χ1v) is 5.79. The van der Waals surface area contributed by atoms with E-state index in [0.29, 0.717) is 5.82 Å². The lowest BCUT2D eigenvalue weighted by atomic mass is 10.2. The van der Waals surface area contributed by atoms with Gasteiger partial charge in [0, 0.05) is 18.8 Å². The summed E-state index contributed by atoms with van der Waals surface area (Å²) in [6.45, 7) is 0.115. The van der Waals surface area contributed by atoms with E-state index in [1.54, 1.807) is 25.4 Å². The molecule has 1 heterocycles. The molecule has 0 unspecified atom stereocenters. The van der Waals surface area contributed by atoms with Crippen LogP contribution in [-0.4, -0.2) is 17.0 Å². The van der Waals surface area contributed by atoms with E-state index in [1.165, 1.54) is 6.07 Å². The highest BCUT2D eigenvalue weighted by atomic mass is 19.1. The second kappa shape index (κ2) is 5.96. The van der Waals surface area contributed by atoms with Crippen molar-refractivity contribution in [1.29, 1.82) is 0 Å². The molecule has 104 valence electrons. The van der Waals surface area contributed by atoms with Crippen molar-refractivity contribution in [1.82, 2.24) is 4.98 Å². The number of nitrogens with zero attached hydrogens (tertiary/aromatic N) is 2. The molecule has 0 atom stereocenters. The first-order chi connectivity index (χ1) is 9.60. The first kappa shape index (κ1) is 13.7. The second-order valence-corrected chi connectivity index (χ2v) is 3.96. The quantitative estimate of drug-likeness (QED) is 0.671. The van der Waals surface area contributed by atoms with Gasteiger partial charge < -0.3 is 10.1 Å². The predicted octanol–water partition coefficient (Wildman–Crippen LogP) is 2.75. The van der Waals surface area contributed by atoms with E-state index in [9.17, 15) is 14.5 Å². The lowest BCUT2D eigenvalue weighted by Crippen LogP contribution is -2.00. The highest BCUT2D eigenvalue weighted by Crippen LogP contribution is 2.28. The third-order valence-corrected chi connectivity index (χ3v) is 2.59. The standard InChI is InChI=1S/C13H12FN3O3/c1-15-13-5-2-9(7-16-13)8-20-12-4-3-10(14)6-11(12)17(18)19/h2-7H,8H2,1H3,(H,15,16). The molecule has 0 aliphatic rings. The number of hydrogen-bond acceptors (Lipinski definition) is 5. The molecule has 0 amide bonds. The number of nitro benzene ring substituents is 1. The SMILES string of the molecule is CNc1ccc(COc2ccc(F)cc2[N+](=O)[O-])cn1. The molecule has 0 aliphatic carbocycles. The number of hydrogen-bond donors (Lipinski definition) is 1. The number of benzene rings is 1. The van der Waals surface area contributed by atoms with E-state index in [0.717, 1.165) is 17.7 Å². The van der Waals surface area contributed by atoms with Crippen molar-refractivity contribution in [3.8, 4) is 5.75 Å². The van der Waals surface area contributed by atoms with Crippen LogP contribution in [0, 0.1) is 15.9 Å². The van der Waals surface area contributed by atoms with Gasteiger partial charge in [-0.3, -0.25) is 10.1 Å². The Morgan fingerprint density at radius 1 is 1.40 bits per heavy atom. The monoisotopic (exact) mass is 277 g/mol. The summed E-state index contributed by atoms with van der Waals surface area (Å²) >= 11 is 0. The Morgan fingerprint density at radius 2 is 2.20 bits per heavy atom. The molecule has 0 fully saturated rings. The fraction of sp³-hybridized carbons (Fsp3) is 0.154. The zero-order chi connectivity index (χ0) is 14.5. The summed E-state index contributed by atoms with van der Waals surface area (Å²) in [5, 5.41) is 13.7. The Balaban J connectivity index is 2.12. The van der Waals surface area contributed by atoms with Gasteiger partial charge in [0.2, 0.25) is 0 Å². The zero-order valence-corrected chi connectivity index (χ0v) is 10.7. The molecule has 0 aliphatic heterocycles. The van der Waals surface area contributed by atoms with Crippen LogP contribution < -0.4 is 10.1 Å². The van der Waals surface area contributed by atoms with Crippen LogP contribution in [0.25, 0.3) is 0 Å². The number of nitro groups is 1. The van der Waals surface area contributed by atoms with Gasteiger partial charge in [-0.25, -0.2) is 9.37 Å². The number of rotatable bonds is 5. The van der Waals surface area contributed by atoms with Gasteiger partial charge in [-0.1, -0.05) is 6.07 Å². The van der Waals surface area contributed by atoms with Crippen LogP contribution in [0.1, 0.15) is 5.56 Å². The molecule has 0 spiro atoms. The topological polar surface area (TPSA) is 77.3 Å². The number of anilines is 1. The Kier molecular flexibility index (Phi) is 4.09. The number of ether oxygens (including phenoxy) is 1. The lowest BCUT2D eigenvalue weighted by molar-refractivity contribution is -0.386. The number of aromatic nitrogens is 1. The van der Waals surface area contributed by atoms with E-state index >= 15 is 0 Å². The summed E-state index contributed by atoms with van der Waals surface area (Å²) in [5.41, 5.74) is 0.354. The molecule has 1 aromatic carbocycles. The molecule has 0 bridgehead atoms. The summed E-state index contributed by atoms with van der Waals surface area (Å²) in [7, 11) is 1.75. The number of nitrogens with one attached hydrogen (secondary N) is 1. The van der Waals surface area contributed by atoms with Crippen molar-refractivity contribution >= 4 is 11.5 Å². The normalized spacial score (nSPS) is 10.1. The van der Waals surface area contributed by atoms with Crippen LogP contribution >= 0.6 is 0 Å². The molecule has 0 saturated heterocycles. The molecule has 6 nitrogen and oxygen atoms in total. The van der Waals surface area contributed by atoms with Crippen molar-refractivity contribution in [2.75, 3.05) is 12.4 Å². The zero-order valence-electron chi connectivity index (χ0n) is 10.7. The van der Waals surface area contributed by atoms with Crippen LogP contribution in [-0.2, 0) is 6.61 Å². The summed E-state index contributed by atoms with van der Waals surface area (Å²) < 4.78 is 18.3. The average molecular weight is 277 g/mol. The predicted molar refractivity (Wildman–Crippen MR) is 71.2 cm³/mol. The van der Waals surface area contributed by atoms with Crippen molar-refractivity contribution in [3.05, 3.63) is 58.0 Å². The van der Waals surface area contributed by atoms with Gasteiger partial charge in [0.1, 0.15) is 18.2 Å². The minimum Gasteiger partial charge on any atom is -0.482 e. The first-order valence-electron chi connectivity index (χ1n) is 5.79. The molecular formula is C13H12FN3O3. The summed E-state index contributed by atoms with van der Waals surface area (Å²) in [4.78, 5) is 14.2. The van der Waals surface area contributed by atoms with Gasteiger partial charge >= 0.3 is 5.69 Å². The molecule has 2 aromatic rings. The Hall–Kier alpha value is -2.70. The highest BCUT2D eigenvalue weighted by Gasteiger charge is 2.16. The van der Waals surface area contributed by atoms with Gasteiger partial charge in [-0.15, -0.1) is 0 Å². The van der Waals surface area contributed by atoms with Crippen molar-refractivity contribution in [2.24, 2.45) is 0 Å². The van der Waals surface area contributed by atoms with Crippen molar-refractivity contribution in [2.45, 2.75) is 6.61 Å². The smallest absolute Gasteiger partial charge is 0.313 e. The van der Waals surface area contributed by atoms with Crippen molar-refractivity contribution < 1.29 is 14.1 Å². The van der Waals surface area contributed by atoms with E-state index in [4.69, 9.17) is 4.74 Å². The summed E-state index contributed by atoms with van der Waals surface area (Å²) in [5.74, 6) is 0.0553. The Morgan fingerprint density at radius 3 is 2.80 bits per heavy atom. The summed E-state index contributed by atoms with van der Waals surface area (Å²) in [6, 6.07) is 6.73. The van der Waals surface area contributed by atoms with Crippen LogP contribution in [0.5, 0.6) is 5.75 Å². The lowest BCUT2D eigenvalue weighted by Gasteiger charge is -2.07. The van der Waals surface area contributed by atoms with Crippen LogP contribution in [0.3, 0.4) is 0 Å². The molecular weight excluding hydrogens is 265 g/mol. The number of pyridine rings is 1. The van der Waals surface area contributed by atoms with E-state index in [2.05, 4.69) is 10.3 Å². The molecule has 20 heavy (non-hydrogen) atoms. The van der Waals surface area contributed by atoms with Crippen LogP contribution in [0.4, 0.5) is 15.9 Å². The maximum atomic E-state index is 13.0. The van der Waals surface area contributed by atoms with Gasteiger partial charge in [-0.2, -0.15) is 0 Å². The molecule has 1 N–H and O–H groups in total. The Labute approximate surface area is 114 Å². The fourth-order valence-electron chi connectivity index (χ4n) is 1.57. The van der Waals surface area contributed by atoms with E-state index in [1.807, 2.05) is 0 Å². The molecule has 0 radical (unpaired) electrons. The highest BCUT2D eigenvalue weighted by molar-refractivity contribution is 5.46. The molecule has 2 rings (SSSR count). The third kappa shape index (κ3) is 3.19. The minimum atomic E-state index is -0.680. The second-order valence-electron chi connectivity index (χ2n) is 3.96. The molecule has 7 heteroatoms. The van der Waals surface area contributed by atoms with Gasteiger partial charge in [0.25, 0.3) is 0 Å². The Bertz CT molecular complexity index is 617. The largest absolute Gasteiger partial charge is 0.482 e. The van der Waals surface area contributed by atoms with Crippen molar-refractivity contribution in [3.63, 3.8) is 0 Å². The maximum absolute atomic E-state index is 13.0. The van der Waals surface area contributed by atoms with Gasteiger partial charge in [0.05, 0.1) is 11.0 Å². The van der Waals surface area contributed by atoms with Crippen LogP contribution in [0.15, 0.2) is 36.5 Å². The number of halogens is 1. The van der Waals surface area contributed by atoms with E-state index in [-0.39, 0.29) is 12.4 Å². The molecule has 0 saturated carbocycles. The van der Waals surface area contributed by atoms with Gasteiger partial charge in [0.15, 0.2) is 5.75 Å². The molecule has 1 aromatic heterocycles.